The van der Waals surface area contributed by atoms with Gasteiger partial charge in [0.05, 0.1) is 25.5 Å². The summed E-state index contributed by atoms with van der Waals surface area (Å²) < 4.78 is 10.7. The van der Waals surface area contributed by atoms with Gasteiger partial charge in [-0.25, -0.2) is 4.98 Å². The van der Waals surface area contributed by atoms with Gasteiger partial charge in [-0.3, -0.25) is 9.69 Å². The molecule has 6 heteroatoms. The Labute approximate surface area is 147 Å². The summed E-state index contributed by atoms with van der Waals surface area (Å²) in [6, 6.07) is 5.93. The van der Waals surface area contributed by atoms with Gasteiger partial charge in [0, 0.05) is 32.5 Å². The minimum absolute atomic E-state index is 0.00506. The predicted octanol–water partition coefficient (Wildman–Crippen LogP) is 2.30. The van der Waals surface area contributed by atoms with Gasteiger partial charge in [-0.1, -0.05) is 13.0 Å². The van der Waals surface area contributed by atoms with Gasteiger partial charge in [0.25, 0.3) is 5.56 Å². The molecule has 1 aliphatic rings. The number of aromatic amines is 1. The monoisotopic (exact) mass is 343 g/mol. The zero-order valence-electron chi connectivity index (χ0n) is 15.1. The number of rotatable bonds is 6. The highest BCUT2D eigenvalue weighted by Gasteiger charge is 2.21. The number of ether oxygens (including phenoxy) is 2. The summed E-state index contributed by atoms with van der Waals surface area (Å²) in [4.78, 5) is 22.2. The van der Waals surface area contributed by atoms with Gasteiger partial charge >= 0.3 is 0 Å². The van der Waals surface area contributed by atoms with Crippen molar-refractivity contribution in [3.63, 3.8) is 0 Å². The Morgan fingerprint density at radius 3 is 2.76 bits per heavy atom. The van der Waals surface area contributed by atoms with E-state index in [4.69, 9.17) is 9.47 Å². The van der Waals surface area contributed by atoms with E-state index in [-0.39, 0.29) is 5.56 Å². The van der Waals surface area contributed by atoms with Crippen molar-refractivity contribution in [3.8, 4) is 11.5 Å². The van der Waals surface area contributed by atoms with Crippen LogP contribution in [0.3, 0.4) is 0 Å². The number of H-pyrrole nitrogens is 1. The number of hydrogen-bond acceptors (Lipinski definition) is 5. The van der Waals surface area contributed by atoms with E-state index in [2.05, 4.69) is 21.8 Å². The number of aryl methyl sites for hydroxylation is 1. The van der Waals surface area contributed by atoms with Crippen LogP contribution in [0.1, 0.15) is 36.0 Å². The molecule has 25 heavy (non-hydrogen) atoms. The molecule has 0 atom stereocenters. The van der Waals surface area contributed by atoms with Crippen LogP contribution in [-0.2, 0) is 25.9 Å². The van der Waals surface area contributed by atoms with Gasteiger partial charge in [-0.15, -0.1) is 0 Å². The summed E-state index contributed by atoms with van der Waals surface area (Å²) in [5.74, 6) is 2.25. The van der Waals surface area contributed by atoms with Crippen LogP contribution in [-0.4, -0.2) is 35.6 Å². The fraction of sp³-hybridized carbons (Fsp3) is 0.474. The Morgan fingerprint density at radius 2 is 2.04 bits per heavy atom. The molecule has 6 nitrogen and oxygen atoms in total. The molecule has 2 heterocycles. The topological polar surface area (TPSA) is 67.5 Å². The summed E-state index contributed by atoms with van der Waals surface area (Å²) in [5, 5.41) is 0. The maximum atomic E-state index is 12.4. The fourth-order valence-electron chi connectivity index (χ4n) is 3.26. The quantitative estimate of drug-likeness (QED) is 0.872. The van der Waals surface area contributed by atoms with Gasteiger partial charge in [0.1, 0.15) is 5.82 Å². The van der Waals surface area contributed by atoms with E-state index < -0.39 is 0 Å². The van der Waals surface area contributed by atoms with Crippen molar-refractivity contribution >= 4 is 0 Å². The first kappa shape index (κ1) is 17.5. The van der Waals surface area contributed by atoms with Crippen molar-refractivity contribution in [1.82, 2.24) is 14.9 Å². The Morgan fingerprint density at radius 1 is 1.24 bits per heavy atom. The lowest BCUT2D eigenvalue weighted by atomic mass is 10.1. The van der Waals surface area contributed by atoms with E-state index in [0.29, 0.717) is 6.54 Å². The van der Waals surface area contributed by atoms with Gasteiger partial charge < -0.3 is 14.5 Å². The van der Waals surface area contributed by atoms with Crippen LogP contribution in [0.4, 0.5) is 0 Å². The second-order valence-corrected chi connectivity index (χ2v) is 6.34. The van der Waals surface area contributed by atoms with Gasteiger partial charge in [0.2, 0.25) is 0 Å². The minimum atomic E-state index is 0.00506. The summed E-state index contributed by atoms with van der Waals surface area (Å²) >= 11 is 0. The van der Waals surface area contributed by atoms with E-state index in [1.807, 2.05) is 18.2 Å². The van der Waals surface area contributed by atoms with Gasteiger partial charge in [-0.05, 0) is 24.1 Å². The van der Waals surface area contributed by atoms with Crippen molar-refractivity contribution in [2.24, 2.45) is 0 Å². The Kier molecular flexibility index (Phi) is 5.38. The maximum Gasteiger partial charge on any atom is 0.255 e. The molecule has 0 unspecified atom stereocenters. The molecule has 2 aromatic rings. The van der Waals surface area contributed by atoms with Crippen molar-refractivity contribution in [2.45, 2.75) is 39.3 Å². The van der Waals surface area contributed by atoms with E-state index in [9.17, 15) is 4.79 Å². The van der Waals surface area contributed by atoms with Crippen LogP contribution in [0.5, 0.6) is 11.5 Å². The number of fused-ring (bicyclic) bond motifs is 1. The summed E-state index contributed by atoms with van der Waals surface area (Å²) in [6.45, 7) is 4.36. The summed E-state index contributed by atoms with van der Waals surface area (Å²) in [6.07, 6.45) is 2.61. The second kappa shape index (κ2) is 7.70. The highest BCUT2D eigenvalue weighted by molar-refractivity contribution is 5.42. The zero-order chi connectivity index (χ0) is 17.8. The lowest BCUT2D eigenvalue weighted by Gasteiger charge is -2.28. The Hall–Kier alpha value is -2.34. The zero-order valence-corrected chi connectivity index (χ0v) is 15.1. The first-order valence-electron chi connectivity index (χ1n) is 8.68. The van der Waals surface area contributed by atoms with E-state index >= 15 is 0 Å². The standard InChI is InChI=1S/C19H25N3O3/c1-4-5-18-20-15-8-9-22(12-14(15)19(23)21-18)11-13-6-7-16(24-2)17(10-13)25-3/h6-7,10H,4-5,8-9,11-12H2,1-3H3,(H,20,21,23). The van der Waals surface area contributed by atoms with Crippen molar-refractivity contribution in [2.75, 3.05) is 20.8 Å². The lowest BCUT2D eigenvalue weighted by molar-refractivity contribution is 0.241. The van der Waals surface area contributed by atoms with Crippen LogP contribution in [0, 0.1) is 0 Å². The Balaban J connectivity index is 1.76. The number of hydrogen-bond donors (Lipinski definition) is 1. The largest absolute Gasteiger partial charge is 0.493 e. The molecular weight excluding hydrogens is 318 g/mol. The molecule has 0 radical (unpaired) electrons. The summed E-state index contributed by atoms with van der Waals surface area (Å²) in [5.41, 5.74) is 2.89. The molecule has 1 aromatic heterocycles. The maximum absolute atomic E-state index is 12.4. The van der Waals surface area contributed by atoms with E-state index in [1.54, 1.807) is 14.2 Å². The van der Waals surface area contributed by atoms with Crippen LogP contribution < -0.4 is 15.0 Å². The predicted molar refractivity (Wildman–Crippen MR) is 96.2 cm³/mol. The normalized spacial score (nSPS) is 14.2. The molecule has 0 fully saturated rings. The number of methoxy groups -OCH3 is 2. The molecular formula is C19H25N3O3. The van der Waals surface area contributed by atoms with Crippen LogP contribution >= 0.6 is 0 Å². The number of nitrogens with zero attached hydrogens (tertiary/aromatic N) is 2. The van der Waals surface area contributed by atoms with E-state index in [1.165, 1.54) is 0 Å². The number of nitrogens with one attached hydrogen (secondary N) is 1. The molecule has 0 bridgehead atoms. The highest BCUT2D eigenvalue weighted by Crippen LogP contribution is 2.28. The minimum Gasteiger partial charge on any atom is -0.493 e. The van der Waals surface area contributed by atoms with Gasteiger partial charge in [-0.2, -0.15) is 0 Å². The molecule has 0 spiro atoms. The van der Waals surface area contributed by atoms with Crippen LogP contribution in [0.25, 0.3) is 0 Å². The first-order valence-corrected chi connectivity index (χ1v) is 8.68. The SMILES string of the molecule is CCCc1nc2c(c(=O)[nH]1)CN(Cc1ccc(OC)c(OC)c1)CC2. The third kappa shape index (κ3) is 3.85. The first-order chi connectivity index (χ1) is 12.1. The smallest absolute Gasteiger partial charge is 0.255 e. The molecule has 1 aliphatic heterocycles. The number of benzene rings is 1. The molecule has 0 aliphatic carbocycles. The third-order valence-corrected chi connectivity index (χ3v) is 4.54. The van der Waals surface area contributed by atoms with Crippen LogP contribution in [0.15, 0.2) is 23.0 Å². The molecule has 0 saturated heterocycles. The second-order valence-electron chi connectivity index (χ2n) is 6.34. The van der Waals surface area contributed by atoms with Crippen molar-refractivity contribution in [3.05, 3.63) is 51.2 Å². The Bertz CT molecular complexity index is 801. The molecule has 0 amide bonds. The van der Waals surface area contributed by atoms with E-state index in [0.717, 1.165) is 66.5 Å². The fourth-order valence-corrected chi connectivity index (χ4v) is 3.26. The average Bonchev–Trinajstić information content (AvgIpc) is 2.62. The molecule has 3 rings (SSSR count). The van der Waals surface area contributed by atoms with Crippen molar-refractivity contribution < 1.29 is 9.47 Å². The molecule has 1 N–H and O–H groups in total. The highest BCUT2D eigenvalue weighted by atomic mass is 16.5. The lowest BCUT2D eigenvalue weighted by Crippen LogP contribution is -2.35. The van der Waals surface area contributed by atoms with Crippen molar-refractivity contribution in [1.29, 1.82) is 0 Å². The molecule has 1 aromatic carbocycles. The summed E-state index contributed by atoms with van der Waals surface area (Å²) in [7, 11) is 3.27. The average molecular weight is 343 g/mol. The third-order valence-electron chi connectivity index (χ3n) is 4.54. The van der Waals surface area contributed by atoms with Gasteiger partial charge in [0.15, 0.2) is 11.5 Å². The number of aromatic nitrogens is 2. The van der Waals surface area contributed by atoms with Crippen LogP contribution in [0.2, 0.25) is 0 Å². The molecule has 0 saturated carbocycles. The molecule has 134 valence electrons.